The van der Waals surface area contributed by atoms with Crippen molar-refractivity contribution in [3.05, 3.63) is 17.1 Å². The number of carbonyl (C=O) groups excluding carboxylic acids is 1. The average molecular weight is 180 g/mol. The lowest BCUT2D eigenvalue weighted by atomic mass is 10.1. The van der Waals surface area contributed by atoms with Crippen molar-refractivity contribution >= 4 is 5.97 Å². The second-order valence-electron chi connectivity index (χ2n) is 3.34. The SMILES string of the molecule is CCc1oc2c(c1C)OC(=O)C2C. The normalized spacial score (nSPS) is 20.2. The maximum absolute atomic E-state index is 11.2. The van der Waals surface area contributed by atoms with Crippen molar-refractivity contribution in [2.75, 3.05) is 0 Å². The molecule has 70 valence electrons. The summed E-state index contributed by atoms with van der Waals surface area (Å²) in [5.74, 6) is 1.81. The Morgan fingerprint density at radius 1 is 1.46 bits per heavy atom. The molecule has 0 bridgehead atoms. The number of fused-ring (bicyclic) bond motifs is 1. The van der Waals surface area contributed by atoms with Gasteiger partial charge in [-0.1, -0.05) is 6.92 Å². The standard InChI is InChI=1S/C10H12O3/c1-4-7-5(2)8-9(12-7)6(3)10(11)13-8/h6H,4H2,1-3H3. The van der Waals surface area contributed by atoms with Gasteiger partial charge in [-0.25, -0.2) is 0 Å². The van der Waals surface area contributed by atoms with E-state index in [2.05, 4.69) is 0 Å². The van der Waals surface area contributed by atoms with E-state index in [1.807, 2.05) is 13.8 Å². The highest BCUT2D eigenvalue weighted by Gasteiger charge is 2.35. The topological polar surface area (TPSA) is 39.4 Å². The third kappa shape index (κ3) is 0.996. The quantitative estimate of drug-likeness (QED) is 0.622. The molecule has 0 fully saturated rings. The number of hydrogen-bond acceptors (Lipinski definition) is 3. The molecule has 1 atom stereocenters. The fourth-order valence-electron chi connectivity index (χ4n) is 1.61. The molecule has 0 aliphatic carbocycles. The number of ether oxygens (including phenoxy) is 1. The molecule has 1 unspecified atom stereocenters. The van der Waals surface area contributed by atoms with E-state index < -0.39 is 0 Å². The van der Waals surface area contributed by atoms with Gasteiger partial charge in [0.05, 0.1) is 0 Å². The van der Waals surface area contributed by atoms with Crippen LogP contribution in [0.1, 0.15) is 36.8 Å². The van der Waals surface area contributed by atoms with Gasteiger partial charge < -0.3 is 9.15 Å². The lowest BCUT2D eigenvalue weighted by Gasteiger charge is -1.98. The predicted molar refractivity (Wildman–Crippen MR) is 46.9 cm³/mol. The summed E-state index contributed by atoms with van der Waals surface area (Å²) < 4.78 is 10.6. The first-order valence-corrected chi connectivity index (χ1v) is 4.49. The lowest BCUT2D eigenvalue weighted by Crippen LogP contribution is -2.07. The average Bonchev–Trinajstić information content (AvgIpc) is 2.56. The van der Waals surface area contributed by atoms with E-state index in [4.69, 9.17) is 9.15 Å². The van der Waals surface area contributed by atoms with E-state index >= 15 is 0 Å². The van der Waals surface area contributed by atoms with Crippen LogP contribution in [-0.4, -0.2) is 5.97 Å². The summed E-state index contributed by atoms with van der Waals surface area (Å²) in [5, 5.41) is 0. The summed E-state index contributed by atoms with van der Waals surface area (Å²) in [7, 11) is 0. The first-order chi connectivity index (χ1) is 6.15. The molecule has 3 heteroatoms. The van der Waals surface area contributed by atoms with Gasteiger partial charge in [0.2, 0.25) is 0 Å². The minimum absolute atomic E-state index is 0.209. The molecule has 1 aromatic heterocycles. The fraction of sp³-hybridized carbons (Fsp3) is 0.500. The van der Waals surface area contributed by atoms with E-state index in [-0.39, 0.29) is 11.9 Å². The summed E-state index contributed by atoms with van der Waals surface area (Å²) in [5.41, 5.74) is 0.968. The van der Waals surface area contributed by atoms with Gasteiger partial charge in [-0.15, -0.1) is 0 Å². The zero-order valence-corrected chi connectivity index (χ0v) is 8.01. The van der Waals surface area contributed by atoms with Crippen LogP contribution in [-0.2, 0) is 11.2 Å². The van der Waals surface area contributed by atoms with Gasteiger partial charge in [-0.05, 0) is 13.8 Å². The molecule has 0 aromatic carbocycles. The van der Waals surface area contributed by atoms with Crippen molar-refractivity contribution in [2.24, 2.45) is 0 Å². The highest BCUT2D eigenvalue weighted by molar-refractivity contribution is 5.85. The minimum Gasteiger partial charge on any atom is -0.461 e. The van der Waals surface area contributed by atoms with Crippen LogP contribution in [0.25, 0.3) is 0 Å². The van der Waals surface area contributed by atoms with E-state index in [0.717, 1.165) is 17.7 Å². The van der Waals surface area contributed by atoms with Crippen LogP contribution >= 0.6 is 0 Å². The van der Waals surface area contributed by atoms with Crippen LogP contribution in [0.4, 0.5) is 0 Å². The molecule has 0 N–H and O–H groups in total. The smallest absolute Gasteiger partial charge is 0.322 e. The Balaban J connectivity index is 2.53. The second-order valence-corrected chi connectivity index (χ2v) is 3.34. The number of rotatable bonds is 1. The third-order valence-corrected chi connectivity index (χ3v) is 2.49. The van der Waals surface area contributed by atoms with E-state index in [1.165, 1.54) is 0 Å². The Morgan fingerprint density at radius 3 is 2.69 bits per heavy atom. The summed E-state index contributed by atoms with van der Waals surface area (Å²) in [6.45, 7) is 5.75. The molecule has 0 saturated carbocycles. The van der Waals surface area contributed by atoms with Crippen molar-refractivity contribution < 1.29 is 13.9 Å². The molecule has 3 nitrogen and oxygen atoms in total. The fourth-order valence-corrected chi connectivity index (χ4v) is 1.61. The van der Waals surface area contributed by atoms with Crippen LogP contribution < -0.4 is 4.74 Å². The summed E-state index contributed by atoms with van der Waals surface area (Å²) >= 11 is 0. The van der Waals surface area contributed by atoms with Crippen molar-refractivity contribution in [2.45, 2.75) is 33.1 Å². The minimum atomic E-state index is -0.242. The molecular weight excluding hydrogens is 168 g/mol. The van der Waals surface area contributed by atoms with Gasteiger partial charge in [0.1, 0.15) is 11.7 Å². The lowest BCUT2D eigenvalue weighted by molar-refractivity contribution is -0.133. The first kappa shape index (κ1) is 8.35. The highest BCUT2D eigenvalue weighted by atomic mass is 16.6. The van der Waals surface area contributed by atoms with Crippen molar-refractivity contribution in [1.29, 1.82) is 0 Å². The molecule has 0 radical (unpaired) electrons. The summed E-state index contributed by atoms with van der Waals surface area (Å²) in [6, 6.07) is 0. The number of esters is 1. The summed E-state index contributed by atoms with van der Waals surface area (Å²) in [4.78, 5) is 11.2. The van der Waals surface area contributed by atoms with Gasteiger partial charge >= 0.3 is 5.97 Å². The van der Waals surface area contributed by atoms with E-state index in [1.54, 1.807) is 6.92 Å². The largest absolute Gasteiger partial charge is 0.461 e. The summed E-state index contributed by atoms with van der Waals surface area (Å²) in [6.07, 6.45) is 0.836. The Hall–Kier alpha value is -1.25. The molecule has 13 heavy (non-hydrogen) atoms. The van der Waals surface area contributed by atoms with Gasteiger partial charge in [0.15, 0.2) is 11.5 Å². The van der Waals surface area contributed by atoms with Crippen molar-refractivity contribution in [3.8, 4) is 5.75 Å². The van der Waals surface area contributed by atoms with Crippen LogP contribution in [0.2, 0.25) is 0 Å². The van der Waals surface area contributed by atoms with Crippen LogP contribution in [0.15, 0.2) is 4.42 Å². The van der Waals surface area contributed by atoms with Crippen LogP contribution in [0.3, 0.4) is 0 Å². The Kier molecular flexibility index (Phi) is 1.68. The van der Waals surface area contributed by atoms with Gasteiger partial charge in [-0.3, -0.25) is 4.79 Å². The number of furan rings is 1. The highest BCUT2D eigenvalue weighted by Crippen LogP contribution is 2.40. The monoisotopic (exact) mass is 180 g/mol. The molecule has 0 amide bonds. The Bertz CT molecular complexity index is 362. The number of hydrogen-bond donors (Lipinski definition) is 0. The van der Waals surface area contributed by atoms with Crippen LogP contribution in [0, 0.1) is 6.92 Å². The molecule has 1 aliphatic heterocycles. The van der Waals surface area contributed by atoms with E-state index in [0.29, 0.717) is 11.5 Å². The van der Waals surface area contributed by atoms with Crippen LogP contribution in [0.5, 0.6) is 5.75 Å². The molecule has 0 spiro atoms. The van der Waals surface area contributed by atoms with Crippen molar-refractivity contribution in [1.82, 2.24) is 0 Å². The van der Waals surface area contributed by atoms with Gasteiger partial charge in [0.25, 0.3) is 0 Å². The molecular formula is C10H12O3. The molecule has 1 aliphatic rings. The van der Waals surface area contributed by atoms with Gasteiger partial charge in [0, 0.05) is 12.0 Å². The number of carbonyl (C=O) groups is 1. The Labute approximate surface area is 76.7 Å². The zero-order valence-electron chi connectivity index (χ0n) is 8.01. The first-order valence-electron chi connectivity index (χ1n) is 4.49. The van der Waals surface area contributed by atoms with Gasteiger partial charge in [-0.2, -0.15) is 0 Å². The zero-order chi connectivity index (χ0) is 9.59. The maximum atomic E-state index is 11.2. The molecule has 0 saturated heterocycles. The van der Waals surface area contributed by atoms with E-state index in [9.17, 15) is 4.79 Å². The second kappa shape index (κ2) is 2.62. The molecule has 1 aromatic rings. The maximum Gasteiger partial charge on any atom is 0.322 e. The molecule has 2 heterocycles. The van der Waals surface area contributed by atoms with Crippen molar-refractivity contribution in [3.63, 3.8) is 0 Å². The Morgan fingerprint density at radius 2 is 2.15 bits per heavy atom. The number of aryl methyl sites for hydroxylation is 1. The third-order valence-electron chi connectivity index (χ3n) is 2.49. The molecule has 2 rings (SSSR count). The predicted octanol–water partition coefficient (Wildman–Crippen LogP) is 2.17.